The Kier molecular flexibility index (Phi) is 17.5. The monoisotopic (exact) mass is 827 g/mol. The number of ether oxygens (including phenoxy) is 7. The smallest absolute Gasteiger partial charge is 0.203 e. The van der Waals surface area contributed by atoms with Gasteiger partial charge in [-0.1, -0.05) is 12.1 Å². The number of pyridine rings is 2. The van der Waals surface area contributed by atoms with Gasteiger partial charge in [0.15, 0.2) is 23.0 Å². The summed E-state index contributed by atoms with van der Waals surface area (Å²) >= 11 is 0. The maximum atomic E-state index is 5.88. The molecule has 3 aromatic carbocycles. The number of nitrogens with zero attached hydrogens (tertiary/aromatic N) is 3. The minimum atomic E-state index is 0. The number of aromatic nitrogens is 2. The van der Waals surface area contributed by atoms with Crippen LogP contribution in [0, 0.1) is 5.92 Å². The Hall–Kier alpha value is -4.77. The topological polar surface area (TPSA) is 93.6 Å². The maximum absolute atomic E-state index is 5.88. The zero-order valence-electron chi connectivity index (χ0n) is 32.9. The van der Waals surface area contributed by atoms with Crippen LogP contribution < -0.4 is 38.1 Å². The molecule has 1 fully saturated rings. The number of hydrogen-bond donors (Lipinski definition) is 0. The lowest BCUT2D eigenvalue weighted by Gasteiger charge is -2.39. The van der Waals surface area contributed by atoms with Crippen molar-refractivity contribution in [3.8, 4) is 62.5 Å². The first-order valence-corrected chi connectivity index (χ1v) is 17.8. The standard InChI is InChI=1S/C43H49N3O7.3ClH/c1-47-37-11-9-8-10-36(37)46(27-30-18-34(26-45-24-30)32-21-40(50-4)43(53-7)41(22-32)51-5)35-14-12-28(13-15-35)16-29-17-33(25-44-23-29)31-19-38(48-2)42(52-6)39(20-31)49-3;;;/h8-11,17-26,28,35H,12-16,27H2,1-7H3;3*1H. The molecule has 56 heavy (non-hydrogen) atoms. The first-order valence-electron chi connectivity index (χ1n) is 17.8. The van der Waals surface area contributed by atoms with Crippen molar-refractivity contribution in [1.82, 2.24) is 9.97 Å². The van der Waals surface area contributed by atoms with Gasteiger partial charge in [-0.3, -0.25) is 9.97 Å². The summed E-state index contributed by atoms with van der Waals surface area (Å²) in [5, 5.41) is 0. The molecule has 2 aromatic heterocycles. The maximum Gasteiger partial charge on any atom is 0.203 e. The van der Waals surface area contributed by atoms with Crippen molar-refractivity contribution < 1.29 is 33.2 Å². The van der Waals surface area contributed by atoms with Crippen molar-refractivity contribution in [3.63, 3.8) is 0 Å². The predicted octanol–water partition coefficient (Wildman–Crippen LogP) is 9.94. The number of halogens is 3. The molecule has 1 aliphatic carbocycles. The zero-order chi connectivity index (χ0) is 37.3. The van der Waals surface area contributed by atoms with Crippen LogP contribution in [0.15, 0.2) is 85.5 Å². The highest BCUT2D eigenvalue weighted by atomic mass is 35.5. The zero-order valence-corrected chi connectivity index (χ0v) is 35.4. The summed E-state index contributed by atoms with van der Waals surface area (Å²) in [7, 11) is 11.5. The molecule has 13 heteroatoms. The van der Waals surface area contributed by atoms with Gasteiger partial charge in [0.1, 0.15) is 5.75 Å². The number of benzene rings is 3. The molecule has 1 saturated carbocycles. The molecular weight excluding hydrogens is 777 g/mol. The number of anilines is 1. The van der Waals surface area contributed by atoms with Crippen LogP contribution >= 0.6 is 37.2 Å². The van der Waals surface area contributed by atoms with E-state index in [1.54, 1.807) is 49.8 Å². The van der Waals surface area contributed by atoms with E-state index in [1.807, 2.05) is 61.2 Å². The van der Waals surface area contributed by atoms with E-state index in [-0.39, 0.29) is 37.2 Å². The molecule has 0 N–H and O–H groups in total. The van der Waals surface area contributed by atoms with Gasteiger partial charge in [-0.25, -0.2) is 0 Å². The molecular formula is C43H52Cl3N3O7. The van der Waals surface area contributed by atoms with Crippen molar-refractivity contribution in [2.24, 2.45) is 5.92 Å². The van der Waals surface area contributed by atoms with Crippen LogP contribution in [0.5, 0.6) is 40.2 Å². The molecule has 0 amide bonds. The Labute approximate surface area is 349 Å². The minimum Gasteiger partial charge on any atom is -0.495 e. The summed E-state index contributed by atoms with van der Waals surface area (Å²) in [5.74, 6) is 4.98. The second-order valence-electron chi connectivity index (χ2n) is 13.2. The highest BCUT2D eigenvalue weighted by Gasteiger charge is 2.28. The number of para-hydroxylation sites is 2. The molecule has 5 aromatic rings. The third kappa shape index (κ3) is 10.1. The first-order chi connectivity index (χ1) is 25.9. The van der Waals surface area contributed by atoms with E-state index in [4.69, 9.17) is 33.2 Å². The molecule has 0 unspecified atom stereocenters. The second-order valence-corrected chi connectivity index (χ2v) is 13.2. The molecule has 2 heterocycles. The van der Waals surface area contributed by atoms with E-state index in [0.29, 0.717) is 53.0 Å². The van der Waals surface area contributed by atoms with E-state index in [2.05, 4.69) is 39.1 Å². The quantitative estimate of drug-likeness (QED) is 0.102. The third-order valence-corrected chi connectivity index (χ3v) is 10.1. The van der Waals surface area contributed by atoms with E-state index in [9.17, 15) is 0 Å². The van der Waals surface area contributed by atoms with Gasteiger partial charge >= 0.3 is 0 Å². The molecule has 0 aliphatic heterocycles. The lowest BCUT2D eigenvalue weighted by atomic mass is 9.81. The van der Waals surface area contributed by atoms with Crippen LogP contribution in [-0.2, 0) is 13.0 Å². The molecule has 302 valence electrons. The molecule has 10 nitrogen and oxygen atoms in total. The van der Waals surface area contributed by atoms with Gasteiger partial charge in [0.25, 0.3) is 0 Å². The fourth-order valence-corrected chi connectivity index (χ4v) is 7.45. The lowest BCUT2D eigenvalue weighted by Crippen LogP contribution is -2.38. The lowest BCUT2D eigenvalue weighted by molar-refractivity contribution is 0.310. The Balaban J connectivity index is 0.00000280. The largest absolute Gasteiger partial charge is 0.495 e. The predicted molar refractivity (Wildman–Crippen MR) is 229 cm³/mol. The van der Waals surface area contributed by atoms with Crippen molar-refractivity contribution >= 4 is 42.9 Å². The van der Waals surface area contributed by atoms with Gasteiger partial charge in [-0.05, 0) is 109 Å². The van der Waals surface area contributed by atoms with Crippen molar-refractivity contribution in [3.05, 3.63) is 96.6 Å². The Morgan fingerprint density at radius 2 is 0.946 bits per heavy atom. The van der Waals surface area contributed by atoms with Gasteiger partial charge < -0.3 is 38.1 Å². The second kappa shape index (κ2) is 21.5. The highest BCUT2D eigenvalue weighted by molar-refractivity contribution is 5.86. The fraction of sp³-hybridized carbons (Fsp3) is 0.349. The molecule has 0 atom stereocenters. The highest BCUT2D eigenvalue weighted by Crippen LogP contribution is 2.43. The van der Waals surface area contributed by atoms with Gasteiger partial charge in [0.05, 0.1) is 55.5 Å². The van der Waals surface area contributed by atoms with E-state index >= 15 is 0 Å². The van der Waals surface area contributed by atoms with Crippen LogP contribution in [-0.4, -0.2) is 65.8 Å². The minimum absolute atomic E-state index is 0. The van der Waals surface area contributed by atoms with Crippen molar-refractivity contribution in [2.45, 2.75) is 44.7 Å². The molecule has 6 rings (SSSR count). The molecule has 0 spiro atoms. The van der Waals surface area contributed by atoms with Crippen LogP contribution in [0.3, 0.4) is 0 Å². The van der Waals surface area contributed by atoms with Gasteiger partial charge in [0.2, 0.25) is 11.5 Å². The Morgan fingerprint density at radius 1 is 0.500 bits per heavy atom. The molecule has 0 bridgehead atoms. The van der Waals surface area contributed by atoms with E-state index < -0.39 is 0 Å². The van der Waals surface area contributed by atoms with Crippen LogP contribution in [0.2, 0.25) is 0 Å². The summed E-state index contributed by atoms with van der Waals surface area (Å²) in [5.41, 5.74) is 7.28. The first kappa shape index (κ1) is 45.6. The SMILES string of the molecule is COc1ccccc1N(Cc1cncc(-c2cc(OC)c(OC)c(OC)c2)c1)C1CCC(Cc2cncc(-c3cc(OC)c(OC)c(OC)c3)c2)CC1.Cl.Cl.Cl. The summed E-state index contributed by atoms with van der Waals surface area (Å²) in [6, 6.07) is 20.9. The Bertz CT molecular complexity index is 1960. The fourth-order valence-electron chi connectivity index (χ4n) is 7.45. The number of rotatable bonds is 15. The third-order valence-electron chi connectivity index (χ3n) is 10.1. The summed E-state index contributed by atoms with van der Waals surface area (Å²) in [6.45, 7) is 0.682. The number of methoxy groups -OCH3 is 7. The van der Waals surface area contributed by atoms with E-state index in [0.717, 1.165) is 71.4 Å². The summed E-state index contributed by atoms with van der Waals surface area (Å²) < 4.78 is 39.4. The molecule has 0 saturated heterocycles. The summed E-state index contributed by atoms with van der Waals surface area (Å²) in [6.07, 6.45) is 13.0. The Morgan fingerprint density at radius 3 is 1.41 bits per heavy atom. The van der Waals surface area contributed by atoms with Crippen LogP contribution in [0.4, 0.5) is 5.69 Å². The van der Waals surface area contributed by atoms with Crippen molar-refractivity contribution in [2.75, 3.05) is 54.7 Å². The molecule has 1 aliphatic rings. The van der Waals surface area contributed by atoms with Gasteiger partial charge in [0, 0.05) is 48.5 Å². The molecule has 0 radical (unpaired) electrons. The average molecular weight is 829 g/mol. The van der Waals surface area contributed by atoms with E-state index in [1.165, 1.54) is 5.56 Å². The van der Waals surface area contributed by atoms with Crippen LogP contribution in [0.25, 0.3) is 22.3 Å². The summed E-state index contributed by atoms with van der Waals surface area (Å²) in [4.78, 5) is 11.8. The van der Waals surface area contributed by atoms with Crippen molar-refractivity contribution in [1.29, 1.82) is 0 Å². The number of hydrogen-bond acceptors (Lipinski definition) is 10. The van der Waals surface area contributed by atoms with Gasteiger partial charge in [-0.15, -0.1) is 37.2 Å². The average Bonchev–Trinajstić information content (AvgIpc) is 3.22. The van der Waals surface area contributed by atoms with Gasteiger partial charge in [-0.2, -0.15) is 0 Å². The normalized spacial score (nSPS) is 14.5. The van der Waals surface area contributed by atoms with Crippen LogP contribution in [0.1, 0.15) is 36.8 Å².